The van der Waals surface area contributed by atoms with E-state index in [1.54, 1.807) is 0 Å². The first-order chi connectivity index (χ1) is 12.9. The van der Waals surface area contributed by atoms with E-state index in [0.717, 1.165) is 26.2 Å². The molecule has 144 valence electrons. The highest BCUT2D eigenvalue weighted by Gasteiger charge is 2.26. The van der Waals surface area contributed by atoms with Gasteiger partial charge in [-0.25, -0.2) is 0 Å². The summed E-state index contributed by atoms with van der Waals surface area (Å²) in [5, 5.41) is 15.2. The molecule has 1 aromatic rings. The zero-order valence-electron chi connectivity index (χ0n) is 16.0. The fourth-order valence-electron chi connectivity index (χ4n) is 4.95. The maximum Gasteiger partial charge on any atom is 0.0545 e. The molecule has 2 bridgehead atoms. The van der Waals surface area contributed by atoms with Crippen molar-refractivity contribution in [1.82, 2.24) is 26.3 Å². The van der Waals surface area contributed by atoms with Gasteiger partial charge in [0.1, 0.15) is 0 Å². The Bertz CT molecular complexity index is 518. The number of rotatable bonds is 0. The van der Waals surface area contributed by atoms with E-state index in [2.05, 4.69) is 39.5 Å². The van der Waals surface area contributed by atoms with Gasteiger partial charge in [0.2, 0.25) is 0 Å². The summed E-state index contributed by atoms with van der Waals surface area (Å²) < 4.78 is 0. The average molecular weight is 358 g/mol. The Morgan fingerprint density at radius 2 is 1.04 bits per heavy atom. The number of fused-ring (bicyclic) bond motifs is 4. The Hall–Kier alpha value is -1.01. The van der Waals surface area contributed by atoms with Gasteiger partial charge < -0.3 is 21.3 Å². The first-order valence-electron chi connectivity index (χ1n) is 10.8. The van der Waals surface area contributed by atoms with Crippen LogP contribution in [0.25, 0.3) is 0 Å². The molecule has 1 aliphatic heterocycles. The molecule has 4 N–H and O–H groups in total. The minimum Gasteiger partial charge on any atom is -0.311 e. The van der Waals surface area contributed by atoms with Crippen LogP contribution in [0.5, 0.6) is 0 Å². The number of hydrogen-bond acceptors (Lipinski definition) is 5. The van der Waals surface area contributed by atoms with Gasteiger partial charge in [0.25, 0.3) is 0 Å². The van der Waals surface area contributed by atoms with Crippen LogP contribution in [-0.4, -0.2) is 42.2 Å². The van der Waals surface area contributed by atoms with Crippen LogP contribution in [0.1, 0.15) is 62.8 Å². The van der Waals surface area contributed by atoms with Gasteiger partial charge >= 0.3 is 0 Å². The van der Waals surface area contributed by atoms with Gasteiger partial charge in [-0.2, -0.15) is 0 Å². The van der Waals surface area contributed by atoms with Gasteiger partial charge in [0, 0.05) is 50.3 Å². The second kappa shape index (κ2) is 9.27. The van der Waals surface area contributed by atoms with E-state index >= 15 is 0 Å². The van der Waals surface area contributed by atoms with Crippen molar-refractivity contribution in [3.05, 3.63) is 29.6 Å². The number of nitrogens with zero attached hydrogens (tertiary/aromatic N) is 1. The summed E-state index contributed by atoms with van der Waals surface area (Å²) in [6.07, 6.45) is 10.5. The lowest BCUT2D eigenvalue weighted by Crippen LogP contribution is -2.53. The van der Waals surface area contributed by atoms with Crippen molar-refractivity contribution in [1.29, 1.82) is 0 Å². The SMILES string of the molecule is c1cc2nc(c1)CN[C@H]1CCCC[C@@H]1NCCNC1CCCC[C@@H]1NC2. The molecule has 0 spiro atoms. The van der Waals surface area contributed by atoms with E-state index in [4.69, 9.17) is 4.98 Å². The van der Waals surface area contributed by atoms with E-state index < -0.39 is 0 Å². The van der Waals surface area contributed by atoms with E-state index in [1.165, 1.54) is 62.8 Å². The second-order valence-electron chi connectivity index (χ2n) is 8.29. The molecule has 5 nitrogen and oxygen atoms in total. The minimum absolute atomic E-state index is 0.569. The molecular weight excluding hydrogens is 322 g/mol. The van der Waals surface area contributed by atoms with Crippen LogP contribution >= 0.6 is 0 Å². The summed E-state index contributed by atoms with van der Waals surface area (Å²) >= 11 is 0. The zero-order chi connectivity index (χ0) is 17.6. The first kappa shape index (κ1) is 18.4. The third kappa shape index (κ3) is 4.83. The van der Waals surface area contributed by atoms with Gasteiger partial charge in [-0.05, 0) is 37.8 Å². The quantitative estimate of drug-likeness (QED) is 0.573. The molecule has 1 unspecified atom stereocenters. The van der Waals surface area contributed by atoms with Gasteiger partial charge in [0.15, 0.2) is 0 Å². The van der Waals surface area contributed by atoms with Gasteiger partial charge in [0.05, 0.1) is 11.4 Å². The van der Waals surface area contributed by atoms with Gasteiger partial charge in [-0.1, -0.05) is 31.7 Å². The lowest BCUT2D eigenvalue weighted by atomic mass is 9.89. The number of pyridine rings is 1. The molecule has 0 radical (unpaired) electrons. The second-order valence-corrected chi connectivity index (χ2v) is 8.29. The van der Waals surface area contributed by atoms with Crippen molar-refractivity contribution in [3.63, 3.8) is 0 Å². The first-order valence-corrected chi connectivity index (χ1v) is 10.8. The molecule has 4 atom stereocenters. The molecule has 4 rings (SSSR count). The Morgan fingerprint density at radius 3 is 1.50 bits per heavy atom. The molecule has 2 fully saturated rings. The third-order valence-corrected chi connectivity index (χ3v) is 6.43. The Labute approximate surface area is 158 Å². The van der Waals surface area contributed by atoms with Crippen molar-refractivity contribution in [3.8, 4) is 0 Å². The normalized spacial score (nSPS) is 34.0. The Morgan fingerprint density at radius 1 is 0.615 bits per heavy atom. The molecule has 2 saturated carbocycles. The summed E-state index contributed by atoms with van der Waals surface area (Å²) in [5.41, 5.74) is 2.34. The zero-order valence-corrected chi connectivity index (χ0v) is 16.0. The molecule has 1 aromatic heterocycles. The van der Waals surface area contributed by atoms with E-state index in [9.17, 15) is 0 Å². The summed E-state index contributed by atoms with van der Waals surface area (Å²) in [6, 6.07) is 8.81. The van der Waals surface area contributed by atoms with Gasteiger partial charge in [-0.15, -0.1) is 0 Å². The highest BCUT2D eigenvalue weighted by atomic mass is 15.1. The molecule has 2 aliphatic carbocycles. The van der Waals surface area contributed by atoms with Crippen molar-refractivity contribution in [2.75, 3.05) is 13.1 Å². The topological polar surface area (TPSA) is 61.0 Å². The van der Waals surface area contributed by atoms with Crippen LogP contribution in [0.4, 0.5) is 0 Å². The molecule has 3 aliphatic rings. The van der Waals surface area contributed by atoms with Gasteiger partial charge in [-0.3, -0.25) is 4.98 Å². The van der Waals surface area contributed by atoms with E-state index in [-0.39, 0.29) is 0 Å². The molecule has 0 aromatic carbocycles. The van der Waals surface area contributed by atoms with Crippen LogP contribution in [0.3, 0.4) is 0 Å². The van der Waals surface area contributed by atoms with Crippen LogP contribution < -0.4 is 21.3 Å². The average Bonchev–Trinajstić information content (AvgIpc) is 2.69. The molecule has 5 heteroatoms. The lowest BCUT2D eigenvalue weighted by molar-refractivity contribution is 0.266. The summed E-state index contributed by atoms with van der Waals surface area (Å²) in [6.45, 7) is 3.89. The van der Waals surface area contributed by atoms with Crippen LogP contribution in [0.2, 0.25) is 0 Å². The Balaban J connectivity index is 1.47. The summed E-state index contributed by atoms with van der Waals surface area (Å²) in [5.74, 6) is 0. The van der Waals surface area contributed by atoms with Crippen LogP contribution in [-0.2, 0) is 13.1 Å². The van der Waals surface area contributed by atoms with Crippen molar-refractivity contribution < 1.29 is 0 Å². The molecule has 0 amide bonds. The van der Waals surface area contributed by atoms with E-state index in [1.807, 2.05) is 0 Å². The highest BCUT2D eigenvalue weighted by Crippen LogP contribution is 2.20. The molecular formula is C21H35N5. The maximum atomic E-state index is 4.89. The smallest absolute Gasteiger partial charge is 0.0545 e. The molecule has 26 heavy (non-hydrogen) atoms. The standard InChI is InChI=1S/C21H35N5/c1-3-10-20-18(8-1)22-12-13-23-19-9-2-4-11-21(19)25-15-17-7-5-6-16(26-17)14-24-20/h5-7,18-25H,1-4,8-15H2/t18-,19?,20-,21-/m0/s1. The monoisotopic (exact) mass is 357 g/mol. The third-order valence-electron chi connectivity index (χ3n) is 6.43. The Kier molecular flexibility index (Phi) is 6.54. The largest absolute Gasteiger partial charge is 0.311 e. The molecule has 2 heterocycles. The van der Waals surface area contributed by atoms with Crippen molar-refractivity contribution in [2.45, 2.75) is 88.6 Å². The number of hydrogen-bond donors (Lipinski definition) is 4. The maximum absolute atomic E-state index is 4.89. The fourth-order valence-corrected chi connectivity index (χ4v) is 4.95. The fraction of sp³-hybridized carbons (Fsp3) is 0.762. The van der Waals surface area contributed by atoms with Crippen molar-refractivity contribution >= 4 is 0 Å². The predicted molar refractivity (Wildman–Crippen MR) is 106 cm³/mol. The lowest BCUT2D eigenvalue weighted by Gasteiger charge is -2.34. The highest BCUT2D eigenvalue weighted by molar-refractivity contribution is 5.12. The predicted octanol–water partition coefficient (Wildman–Crippen LogP) is 2.08. The van der Waals surface area contributed by atoms with E-state index in [0.29, 0.717) is 24.2 Å². The number of aromatic nitrogens is 1. The van der Waals surface area contributed by atoms with Crippen LogP contribution in [0, 0.1) is 0 Å². The minimum atomic E-state index is 0.569. The molecule has 0 saturated heterocycles. The summed E-state index contributed by atoms with van der Waals surface area (Å²) in [7, 11) is 0. The van der Waals surface area contributed by atoms with Crippen molar-refractivity contribution in [2.24, 2.45) is 0 Å². The summed E-state index contributed by atoms with van der Waals surface area (Å²) in [4.78, 5) is 4.89. The number of nitrogens with one attached hydrogen (secondary N) is 4. The van der Waals surface area contributed by atoms with Crippen LogP contribution in [0.15, 0.2) is 18.2 Å².